The molecule has 1 heterocycles. The van der Waals surface area contributed by atoms with Gasteiger partial charge in [-0.05, 0) is 42.9 Å². The number of ether oxygens (including phenoxy) is 1. The van der Waals surface area contributed by atoms with Crippen LogP contribution >= 0.6 is 12.2 Å². The van der Waals surface area contributed by atoms with Gasteiger partial charge >= 0.3 is 5.97 Å². The van der Waals surface area contributed by atoms with Gasteiger partial charge in [0.15, 0.2) is 5.11 Å². The molecule has 0 spiro atoms. The summed E-state index contributed by atoms with van der Waals surface area (Å²) in [6, 6.07) is 13.5. The van der Waals surface area contributed by atoms with E-state index in [1.807, 2.05) is 30.3 Å². The number of thiocarbonyl (C=S) groups is 1. The zero-order valence-electron chi connectivity index (χ0n) is 16.1. The van der Waals surface area contributed by atoms with Crippen molar-refractivity contribution in [1.82, 2.24) is 10.6 Å². The molecule has 0 unspecified atom stereocenters. The number of hydrogen-bond donors (Lipinski definition) is 2. The van der Waals surface area contributed by atoms with Gasteiger partial charge in [0.05, 0.1) is 23.6 Å². The Labute approximate surface area is 173 Å². The first-order chi connectivity index (χ1) is 13.8. The fourth-order valence-corrected chi connectivity index (χ4v) is 3.54. The molecule has 0 radical (unpaired) electrons. The summed E-state index contributed by atoms with van der Waals surface area (Å²) in [5.74, 6) is -0.539. The number of methoxy groups -OCH3 is 1. The number of nitro groups is 1. The zero-order valence-corrected chi connectivity index (χ0v) is 16.9. The molecule has 0 fully saturated rings. The van der Waals surface area contributed by atoms with Crippen LogP contribution in [-0.2, 0) is 9.53 Å². The summed E-state index contributed by atoms with van der Waals surface area (Å²) < 4.78 is 4.88. The molecule has 29 heavy (non-hydrogen) atoms. The Kier molecular flexibility index (Phi) is 5.79. The van der Waals surface area contributed by atoms with Crippen LogP contribution in [0.1, 0.15) is 18.5 Å². The van der Waals surface area contributed by atoms with Crippen LogP contribution in [0.4, 0.5) is 17.1 Å². The summed E-state index contributed by atoms with van der Waals surface area (Å²) in [4.78, 5) is 25.4. The number of nitrogens with zero attached hydrogens (tertiary/aromatic N) is 2. The number of esters is 1. The molecule has 2 aromatic carbocycles. The highest BCUT2D eigenvalue weighted by Gasteiger charge is 2.32. The van der Waals surface area contributed by atoms with Crippen LogP contribution in [0.25, 0.3) is 0 Å². The number of rotatable bonds is 5. The molecule has 9 heteroatoms. The van der Waals surface area contributed by atoms with Crippen molar-refractivity contribution in [1.29, 1.82) is 0 Å². The molecular formula is C20H20N4O4S. The van der Waals surface area contributed by atoms with Crippen LogP contribution in [0.2, 0.25) is 0 Å². The molecule has 0 saturated heterocycles. The Hall–Kier alpha value is -3.46. The first-order valence-electron chi connectivity index (χ1n) is 8.77. The van der Waals surface area contributed by atoms with E-state index in [4.69, 9.17) is 17.0 Å². The third-order valence-corrected chi connectivity index (χ3v) is 4.93. The first kappa shape index (κ1) is 20.3. The highest BCUT2D eigenvalue weighted by molar-refractivity contribution is 7.80. The van der Waals surface area contributed by atoms with Gasteiger partial charge in [-0.25, -0.2) is 4.79 Å². The van der Waals surface area contributed by atoms with E-state index in [0.29, 0.717) is 27.6 Å². The minimum atomic E-state index is -0.661. The summed E-state index contributed by atoms with van der Waals surface area (Å²) in [6.07, 6.45) is 0. The Balaban J connectivity index is 2.08. The lowest BCUT2D eigenvalue weighted by molar-refractivity contribution is -0.384. The SMILES string of the molecule is COC(=O)C1=C(C)NC(=S)N[C@@H]1c1ccc(N(C)c2ccccc2)c([N+](=O)[O-])c1. The van der Waals surface area contributed by atoms with E-state index < -0.39 is 16.9 Å². The summed E-state index contributed by atoms with van der Waals surface area (Å²) in [7, 11) is 3.05. The number of carbonyl (C=O) groups is 1. The number of anilines is 2. The van der Waals surface area contributed by atoms with Crippen LogP contribution in [-0.4, -0.2) is 30.2 Å². The number of para-hydroxylation sites is 1. The number of allylic oxidation sites excluding steroid dienone is 1. The number of nitrogens with one attached hydrogen (secondary N) is 2. The standard InChI is InChI=1S/C20H20N4O4S/c1-12-17(19(25)28-3)18(22-20(29)21-12)13-9-10-15(16(11-13)24(26)27)23(2)14-7-5-4-6-8-14/h4-11,18H,1-3H3,(H2,21,22,29)/t18-/m1/s1. The smallest absolute Gasteiger partial charge is 0.337 e. The molecule has 3 rings (SSSR count). The van der Waals surface area contributed by atoms with Gasteiger partial charge in [-0.15, -0.1) is 0 Å². The Morgan fingerprint density at radius 3 is 2.55 bits per heavy atom. The molecule has 1 aliphatic rings. The van der Waals surface area contributed by atoms with E-state index in [9.17, 15) is 14.9 Å². The molecule has 8 nitrogen and oxygen atoms in total. The minimum Gasteiger partial charge on any atom is -0.466 e. The molecule has 1 atom stereocenters. The quantitative estimate of drug-likeness (QED) is 0.334. The molecular weight excluding hydrogens is 392 g/mol. The van der Waals surface area contributed by atoms with E-state index in [1.165, 1.54) is 13.2 Å². The van der Waals surface area contributed by atoms with Gasteiger partial charge in [0.25, 0.3) is 5.69 Å². The van der Waals surface area contributed by atoms with E-state index in [-0.39, 0.29) is 5.69 Å². The van der Waals surface area contributed by atoms with Gasteiger partial charge in [-0.2, -0.15) is 0 Å². The highest BCUT2D eigenvalue weighted by atomic mass is 32.1. The van der Waals surface area contributed by atoms with E-state index in [1.54, 1.807) is 31.0 Å². The lowest BCUT2D eigenvalue weighted by atomic mass is 9.95. The molecule has 0 aromatic heterocycles. The second kappa shape index (κ2) is 8.27. The Bertz CT molecular complexity index is 1010. The first-order valence-corrected chi connectivity index (χ1v) is 9.18. The maximum atomic E-state index is 12.3. The second-order valence-corrected chi connectivity index (χ2v) is 6.87. The molecule has 150 valence electrons. The van der Waals surface area contributed by atoms with E-state index in [2.05, 4.69) is 10.6 Å². The highest BCUT2D eigenvalue weighted by Crippen LogP contribution is 2.36. The lowest BCUT2D eigenvalue weighted by Crippen LogP contribution is -2.45. The average Bonchev–Trinajstić information content (AvgIpc) is 2.72. The topological polar surface area (TPSA) is 96.7 Å². The van der Waals surface area contributed by atoms with E-state index in [0.717, 1.165) is 5.69 Å². The lowest BCUT2D eigenvalue weighted by Gasteiger charge is -2.30. The van der Waals surface area contributed by atoms with Crippen molar-refractivity contribution in [2.24, 2.45) is 0 Å². The average molecular weight is 412 g/mol. The molecule has 1 aliphatic heterocycles. The van der Waals surface area contributed by atoms with Crippen LogP contribution in [0.5, 0.6) is 0 Å². The summed E-state index contributed by atoms with van der Waals surface area (Å²) in [6.45, 7) is 1.71. The zero-order chi connectivity index (χ0) is 21.1. The summed E-state index contributed by atoms with van der Waals surface area (Å²) in [5.41, 5.74) is 2.56. The molecule has 2 aromatic rings. The van der Waals surface area contributed by atoms with Crippen molar-refractivity contribution >= 4 is 40.4 Å². The fourth-order valence-electron chi connectivity index (χ4n) is 3.26. The van der Waals surface area contributed by atoms with Crippen LogP contribution in [0.15, 0.2) is 59.8 Å². The molecule has 0 aliphatic carbocycles. The predicted molar refractivity (Wildman–Crippen MR) is 114 cm³/mol. The van der Waals surface area contributed by atoms with Gasteiger partial charge in [-0.3, -0.25) is 10.1 Å². The van der Waals surface area contributed by atoms with Crippen molar-refractivity contribution in [3.63, 3.8) is 0 Å². The van der Waals surface area contributed by atoms with Crippen molar-refractivity contribution in [3.05, 3.63) is 75.5 Å². The largest absolute Gasteiger partial charge is 0.466 e. The minimum absolute atomic E-state index is 0.0815. The van der Waals surface area contributed by atoms with Gasteiger partial charge in [0.2, 0.25) is 0 Å². The fraction of sp³-hybridized carbons (Fsp3) is 0.200. The monoisotopic (exact) mass is 412 g/mol. The molecule has 2 N–H and O–H groups in total. The second-order valence-electron chi connectivity index (χ2n) is 6.46. The van der Waals surface area contributed by atoms with Gasteiger partial charge in [-0.1, -0.05) is 24.3 Å². The Morgan fingerprint density at radius 2 is 1.93 bits per heavy atom. The van der Waals surface area contributed by atoms with Crippen molar-refractivity contribution in [3.8, 4) is 0 Å². The molecule has 0 bridgehead atoms. The van der Waals surface area contributed by atoms with Crippen LogP contribution in [0, 0.1) is 10.1 Å². The van der Waals surface area contributed by atoms with Gasteiger partial charge < -0.3 is 20.3 Å². The van der Waals surface area contributed by atoms with Crippen molar-refractivity contribution in [2.75, 3.05) is 19.1 Å². The van der Waals surface area contributed by atoms with Crippen LogP contribution in [0.3, 0.4) is 0 Å². The maximum absolute atomic E-state index is 12.3. The number of carbonyl (C=O) groups excluding carboxylic acids is 1. The van der Waals surface area contributed by atoms with Gasteiger partial charge in [0.1, 0.15) is 5.69 Å². The maximum Gasteiger partial charge on any atom is 0.337 e. The third-order valence-electron chi connectivity index (χ3n) is 4.71. The number of hydrogen-bond acceptors (Lipinski definition) is 6. The summed E-state index contributed by atoms with van der Waals surface area (Å²) in [5, 5.41) is 18.0. The van der Waals surface area contributed by atoms with Crippen molar-refractivity contribution in [2.45, 2.75) is 13.0 Å². The third kappa shape index (κ3) is 4.04. The normalized spacial score (nSPS) is 16.0. The van der Waals surface area contributed by atoms with Gasteiger partial charge in [0, 0.05) is 24.5 Å². The van der Waals surface area contributed by atoms with Crippen LogP contribution < -0.4 is 15.5 Å². The molecule has 0 saturated carbocycles. The van der Waals surface area contributed by atoms with E-state index >= 15 is 0 Å². The number of benzene rings is 2. The van der Waals surface area contributed by atoms with Crippen molar-refractivity contribution < 1.29 is 14.5 Å². The molecule has 0 amide bonds. The number of nitro benzene ring substituents is 1. The Morgan fingerprint density at radius 1 is 1.24 bits per heavy atom. The predicted octanol–water partition coefficient (Wildman–Crippen LogP) is 3.33. The summed E-state index contributed by atoms with van der Waals surface area (Å²) >= 11 is 5.20.